The van der Waals surface area contributed by atoms with Gasteiger partial charge in [0.1, 0.15) is 12.4 Å². The molecule has 0 bridgehead atoms. The lowest BCUT2D eigenvalue weighted by molar-refractivity contribution is 0.0454. The largest absolute Gasteiger partial charge is 0.461 e. The minimum Gasteiger partial charge on any atom is -0.461 e. The zero-order valence-corrected chi connectivity index (χ0v) is 22.5. The molecule has 0 aliphatic carbocycles. The molecule has 1 rings (SSSR count). The van der Waals surface area contributed by atoms with Gasteiger partial charge in [-0.25, -0.2) is 9.48 Å². The molecule has 0 fully saturated rings. The lowest BCUT2D eigenvalue weighted by Gasteiger charge is -2.38. The SMILES string of the molecule is C=CCC(O[Si](C)(C)C(C)(C)C)c1cc(C(=O)OCC)n(COCC[Si](C)(C)C)n1. The summed E-state index contributed by atoms with van der Waals surface area (Å²) in [5.74, 6) is -0.394. The molecule has 1 heterocycles. The van der Waals surface area contributed by atoms with Crippen molar-refractivity contribution in [2.24, 2.45) is 0 Å². The summed E-state index contributed by atoms with van der Waals surface area (Å²) < 4.78 is 19.3. The van der Waals surface area contributed by atoms with Crippen LogP contribution in [-0.2, 0) is 20.6 Å². The van der Waals surface area contributed by atoms with Gasteiger partial charge in [0.15, 0.2) is 8.32 Å². The summed E-state index contributed by atoms with van der Waals surface area (Å²) in [7, 11) is -3.21. The van der Waals surface area contributed by atoms with Crippen molar-refractivity contribution in [3.8, 4) is 0 Å². The Hall–Kier alpha value is -1.23. The highest BCUT2D eigenvalue weighted by Crippen LogP contribution is 2.40. The Kier molecular flexibility index (Phi) is 9.72. The van der Waals surface area contributed by atoms with E-state index in [1.807, 2.05) is 6.08 Å². The van der Waals surface area contributed by atoms with E-state index in [9.17, 15) is 4.79 Å². The summed E-state index contributed by atoms with van der Waals surface area (Å²) in [5.41, 5.74) is 1.12. The van der Waals surface area contributed by atoms with Crippen molar-refractivity contribution < 1.29 is 18.7 Å². The summed E-state index contributed by atoms with van der Waals surface area (Å²) >= 11 is 0. The number of esters is 1. The molecular formula is C22H42N2O4Si2. The van der Waals surface area contributed by atoms with Crippen LogP contribution in [0.3, 0.4) is 0 Å². The summed E-state index contributed by atoms with van der Waals surface area (Å²) in [4.78, 5) is 12.5. The third-order valence-electron chi connectivity index (χ3n) is 5.45. The molecule has 1 aromatic rings. The van der Waals surface area contributed by atoms with Crippen LogP contribution in [0.1, 0.15) is 56.4 Å². The molecule has 0 spiro atoms. The predicted octanol–water partition coefficient (Wildman–Crippen LogP) is 6.01. The van der Waals surface area contributed by atoms with E-state index in [-0.39, 0.29) is 17.9 Å². The Morgan fingerprint density at radius 2 is 1.90 bits per heavy atom. The van der Waals surface area contributed by atoms with Gasteiger partial charge in [-0.1, -0.05) is 46.5 Å². The Bertz CT molecular complexity index is 703. The van der Waals surface area contributed by atoms with Crippen molar-refractivity contribution in [2.45, 2.75) is 90.8 Å². The Morgan fingerprint density at radius 1 is 1.27 bits per heavy atom. The summed E-state index contributed by atoms with van der Waals surface area (Å²) in [5, 5.41) is 4.75. The fourth-order valence-electron chi connectivity index (χ4n) is 2.50. The molecule has 1 unspecified atom stereocenters. The summed E-state index contributed by atoms with van der Waals surface area (Å²) in [6.07, 6.45) is 2.22. The van der Waals surface area contributed by atoms with Crippen LogP contribution >= 0.6 is 0 Å². The van der Waals surface area contributed by atoms with Crippen molar-refractivity contribution in [1.29, 1.82) is 0 Å². The fourth-order valence-corrected chi connectivity index (χ4v) is 4.54. The second kappa shape index (κ2) is 10.9. The number of nitrogens with zero attached hydrogens (tertiary/aromatic N) is 2. The van der Waals surface area contributed by atoms with E-state index in [2.05, 4.69) is 65.2 Å². The van der Waals surface area contributed by atoms with E-state index < -0.39 is 22.4 Å². The maximum Gasteiger partial charge on any atom is 0.356 e. The molecule has 0 saturated carbocycles. The fraction of sp³-hybridized carbons (Fsp3) is 0.727. The van der Waals surface area contributed by atoms with Crippen molar-refractivity contribution in [2.75, 3.05) is 13.2 Å². The van der Waals surface area contributed by atoms with Gasteiger partial charge in [-0.2, -0.15) is 5.10 Å². The van der Waals surface area contributed by atoms with Gasteiger partial charge in [-0.05, 0) is 43.6 Å². The number of hydrogen-bond acceptors (Lipinski definition) is 5. The molecule has 8 heteroatoms. The zero-order valence-electron chi connectivity index (χ0n) is 20.5. The number of carbonyl (C=O) groups excluding carboxylic acids is 1. The topological polar surface area (TPSA) is 62.6 Å². The number of carbonyl (C=O) groups is 1. The molecular weight excluding hydrogens is 412 g/mol. The van der Waals surface area contributed by atoms with Crippen LogP contribution in [-0.4, -0.2) is 45.4 Å². The summed E-state index contributed by atoms with van der Waals surface area (Å²) in [6.45, 7) is 24.9. The lowest BCUT2D eigenvalue weighted by Crippen LogP contribution is -2.41. The molecule has 0 aliphatic rings. The van der Waals surface area contributed by atoms with Gasteiger partial charge in [0.2, 0.25) is 0 Å². The molecule has 0 saturated heterocycles. The molecule has 0 N–H and O–H groups in total. The molecule has 1 atom stereocenters. The van der Waals surface area contributed by atoms with Crippen LogP contribution in [0, 0.1) is 0 Å². The normalized spacial score (nSPS) is 13.9. The first-order valence-corrected chi connectivity index (χ1v) is 17.4. The van der Waals surface area contributed by atoms with Gasteiger partial charge < -0.3 is 13.9 Å². The number of aromatic nitrogens is 2. The predicted molar refractivity (Wildman–Crippen MR) is 128 cm³/mol. The zero-order chi connectivity index (χ0) is 23.2. The van der Waals surface area contributed by atoms with E-state index >= 15 is 0 Å². The maximum atomic E-state index is 12.5. The minimum atomic E-state index is -2.03. The average Bonchev–Trinajstić information content (AvgIpc) is 3.01. The van der Waals surface area contributed by atoms with Crippen LogP contribution in [0.15, 0.2) is 18.7 Å². The highest BCUT2D eigenvalue weighted by atomic mass is 28.4. The maximum absolute atomic E-state index is 12.5. The molecule has 0 radical (unpaired) electrons. The van der Waals surface area contributed by atoms with E-state index in [4.69, 9.17) is 13.9 Å². The van der Waals surface area contributed by atoms with Crippen LogP contribution in [0.4, 0.5) is 0 Å². The third-order valence-corrected chi connectivity index (χ3v) is 11.6. The molecule has 30 heavy (non-hydrogen) atoms. The smallest absolute Gasteiger partial charge is 0.356 e. The quantitative estimate of drug-likeness (QED) is 0.167. The highest BCUT2D eigenvalue weighted by Gasteiger charge is 2.40. The Balaban J connectivity index is 3.13. The molecule has 172 valence electrons. The number of hydrogen-bond donors (Lipinski definition) is 0. The van der Waals surface area contributed by atoms with Gasteiger partial charge in [-0.3, -0.25) is 0 Å². The number of ether oxygens (including phenoxy) is 2. The van der Waals surface area contributed by atoms with Gasteiger partial charge in [0, 0.05) is 14.7 Å². The van der Waals surface area contributed by atoms with Crippen molar-refractivity contribution in [3.05, 3.63) is 30.1 Å². The summed E-state index contributed by atoms with van der Waals surface area (Å²) in [6, 6.07) is 2.84. The van der Waals surface area contributed by atoms with Gasteiger partial charge in [0.25, 0.3) is 0 Å². The standard InChI is InChI=1S/C22H42N2O4Si2/c1-11-13-20(28-30(9,10)22(3,4)5)18-16-19(21(25)27-12-2)24(23-18)17-26-14-15-29(6,7)8/h11,16,20H,1,12-15,17H2,2-10H3. The second-order valence-electron chi connectivity index (χ2n) is 10.4. The van der Waals surface area contributed by atoms with E-state index in [1.165, 1.54) is 0 Å². The van der Waals surface area contributed by atoms with Crippen LogP contribution < -0.4 is 0 Å². The first-order valence-electron chi connectivity index (χ1n) is 10.8. The number of rotatable bonds is 12. The molecule has 0 aromatic carbocycles. The first-order chi connectivity index (χ1) is 13.7. The van der Waals surface area contributed by atoms with Crippen LogP contribution in [0.25, 0.3) is 0 Å². The second-order valence-corrected chi connectivity index (χ2v) is 20.8. The van der Waals surface area contributed by atoms with Crippen molar-refractivity contribution in [3.63, 3.8) is 0 Å². The van der Waals surface area contributed by atoms with Crippen molar-refractivity contribution in [1.82, 2.24) is 9.78 Å². The Labute approximate surface area is 185 Å². The Morgan fingerprint density at radius 3 is 2.40 bits per heavy atom. The monoisotopic (exact) mass is 454 g/mol. The van der Waals surface area contributed by atoms with Crippen LogP contribution in [0.5, 0.6) is 0 Å². The minimum absolute atomic E-state index is 0.0684. The van der Waals surface area contributed by atoms with E-state index in [1.54, 1.807) is 17.7 Å². The molecule has 0 amide bonds. The van der Waals surface area contributed by atoms with Gasteiger partial charge >= 0.3 is 5.97 Å². The molecule has 0 aliphatic heterocycles. The molecule has 1 aromatic heterocycles. The van der Waals surface area contributed by atoms with Crippen LogP contribution in [0.2, 0.25) is 43.8 Å². The lowest BCUT2D eigenvalue weighted by atomic mass is 10.2. The van der Waals surface area contributed by atoms with Gasteiger partial charge in [-0.15, -0.1) is 6.58 Å². The van der Waals surface area contributed by atoms with E-state index in [0.717, 1.165) is 11.7 Å². The third kappa shape index (κ3) is 8.13. The first kappa shape index (κ1) is 26.8. The van der Waals surface area contributed by atoms with Crippen molar-refractivity contribution >= 4 is 22.4 Å². The molecule has 6 nitrogen and oxygen atoms in total. The highest BCUT2D eigenvalue weighted by molar-refractivity contribution is 6.76. The van der Waals surface area contributed by atoms with E-state index in [0.29, 0.717) is 25.3 Å². The van der Waals surface area contributed by atoms with Gasteiger partial charge in [0.05, 0.1) is 18.4 Å². The average molecular weight is 455 g/mol.